The third-order valence-corrected chi connectivity index (χ3v) is 5.36. The predicted octanol–water partition coefficient (Wildman–Crippen LogP) is 7.45. The summed E-state index contributed by atoms with van der Waals surface area (Å²) in [7, 11) is 0. The van der Waals surface area contributed by atoms with E-state index >= 15 is 0 Å². The Labute approximate surface area is 178 Å². The van der Waals surface area contributed by atoms with Crippen LogP contribution in [0.5, 0.6) is 5.75 Å². The number of halogens is 2. The molecule has 0 heterocycles. The molecule has 0 saturated carbocycles. The van der Waals surface area contributed by atoms with Gasteiger partial charge in [0.2, 0.25) is 0 Å². The van der Waals surface area contributed by atoms with Gasteiger partial charge in [-0.3, -0.25) is 0 Å². The highest BCUT2D eigenvalue weighted by atomic mass is 79.9. The fraction of sp³-hybridized carbons (Fsp3) is 0.0833. The fourth-order valence-corrected chi connectivity index (χ4v) is 3.66. The maximum absolute atomic E-state index is 6.19. The van der Waals surface area contributed by atoms with Gasteiger partial charge in [-0.1, -0.05) is 70.0 Å². The number of hydrogen-bond acceptors (Lipinski definition) is 2. The molecule has 0 aromatic heterocycles. The van der Waals surface area contributed by atoms with Crippen LogP contribution >= 0.6 is 27.5 Å². The zero-order valence-corrected chi connectivity index (χ0v) is 17.5. The van der Waals surface area contributed by atoms with Crippen LogP contribution in [0.2, 0.25) is 5.02 Å². The third kappa shape index (κ3) is 4.49. The van der Waals surface area contributed by atoms with Crippen LogP contribution in [0.3, 0.4) is 0 Å². The number of ether oxygens (including phenoxy) is 1. The molecule has 2 nitrogen and oxygen atoms in total. The third-order valence-electron chi connectivity index (χ3n) is 4.59. The van der Waals surface area contributed by atoms with E-state index in [0.717, 1.165) is 32.1 Å². The second-order valence-corrected chi connectivity index (χ2v) is 7.89. The predicted molar refractivity (Wildman–Crippen MR) is 121 cm³/mol. The molecule has 4 rings (SSSR count). The Bertz CT molecular complexity index is 1100. The molecule has 4 heteroatoms. The number of hydrogen-bond donors (Lipinski definition) is 1. The van der Waals surface area contributed by atoms with Gasteiger partial charge in [-0.25, -0.2) is 0 Å². The van der Waals surface area contributed by atoms with Gasteiger partial charge in [0.05, 0.1) is 0 Å². The van der Waals surface area contributed by atoms with Crippen molar-refractivity contribution in [3.8, 4) is 5.75 Å². The standard InChI is InChI=1S/C24H19BrClNO/c25-19-9-11-21(12-10-19)27-15-23-22-7-2-1-5-18(22)8-13-24(23)28-16-17-4-3-6-20(26)14-17/h1-14,27H,15-16H2. The number of rotatable bonds is 6. The van der Waals surface area contributed by atoms with Crippen LogP contribution in [-0.2, 0) is 13.2 Å². The summed E-state index contributed by atoms with van der Waals surface area (Å²) in [6.45, 7) is 1.15. The van der Waals surface area contributed by atoms with Crippen LogP contribution in [0.15, 0.2) is 89.4 Å². The molecule has 140 valence electrons. The summed E-state index contributed by atoms with van der Waals surface area (Å²) < 4.78 is 7.25. The molecular formula is C24H19BrClNO. The van der Waals surface area contributed by atoms with E-state index in [9.17, 15) is 0 Å². The van der Waals surface area contributed by atoms with Gasteiger partial charge in [-0.2, -0.15) is 0 Å². The van der Waals surface area contributed by atoms with Crippen molar-refractivity contribution in [1.29, 1.82) is 0 Å². The summed E-state index contributed by atoms with van der Waals surface area (Å²) in [5.74, 6) is 0.878. The lowest BCUT2D eigenvalue weighted by Crippen LogP contribution is -2.04. The zero-order valence-electron chi connectivity index (χ0n) is 15.2. The second-order valence-electron chi connectivity index (χ2n) is 6.54. The van der Waals surface area contributed by atoms with E-state index in [1.54, 1.807) is 0 Å². The molecule has 4 aromatic rings. The Hall–Kier alpha value is -2.49. The maximum Gasteiger partial charge on any atom is 0.125 e. The average molecular weight is 453 g/mol. The van der Waals surface area contributed by atoms with Crippen LogP contribution < -0.4 is 10.1 Å². The van der Waals surface area contributed by atoms with Gasteiger partial charge in [0, 0.05) is 27.3 Å². The molecule has 0 aliphatic carbocycles. The number of anilines is 1. The van der Waals surface area contributed by atoms with Crippen molar-refractivity contribution < 1.29 is 4.74 Å². The normalized spacial score (nSPS) is 10.8. The smallest absolute Gasteiger partial charge is 0.125 e. The molecule has 0 spiro atoms. The van der Waals surface area contributed by atoms with Crippen LogP contribution in [0.25, 0.3) is 10.8 Å². The fourth-order valence-electron chi connectivity index (χ4n) is 3.18. The van der Waals surface area contributed by atoms with Gasteiger partial charge in [0.15, 0.2) is 0 Å². The molecule has 4 aromatic carbocycles. The highest BCUT2D eigenvalue weighted by Crippen LogP contribution is 2.30. The molecule has 1 N–H and O–H groups in total. The van der Waals surface area contributed by atoms with Crippen molar-refractivity contribution in [3.63, 3.8) is 0 Å². The van der Waals surface area contributed by atoms with E-state index in [1.165, 1.54) is 10.8 Å². The molecule has 0 atom stereocenters. The van der Waals surface area contributed by atoms with E-state index < -0.39 is 0 Å². The minimum absolute atomic E-state index is 0.476. The Kier molecular flexibility index (Phi) is 5.84. The monoisotopic (exact) mass is 451 g/mol. The SMILES string of the molecule is Clc1cccc(COc2ccc3ccccc3c2CNc2ccc(Br)cc2)c1. The van der Waals surface area contributed by atoms with Gasteiger partial charge in [0.1, 0.15) is 12.4 Å². The topological polar surface area (TPSA) is 21.3 Å². The summed E-state index contributed by atoms with van der Waals surface area (Å²) in [5, 5.41) is 6.61. The Morgan fingerprint density at radius 3 is 2.50 bits per heavy atom. The summed E-state index contributed by atoms with van der Waals surface area (Å²) in [6.07, 6.45) is 0. The van der Waals surface area contributed by atoms with E-state index in [0.29, 0.717) is 13.2 Å². The van der Waals surface area contributed by atoms with Crippen molar-refractivity contribution >= 4 is 44.0 Å². The van der Waals surface area contributed by atoms with Gasteiger partial charge >= 0.3 is 0 Å². The highest BCUT2D eigenvalue weighted by molar-refractivity contribution is 9.10. The van der Waals surface area contributed by atoms with Gasteiger partial charge in [-0.15, -0.1) is 0 Å². The highest BCUT2D eigenvalue weighted by Gasteiger charge is 2.10. The first-order valence-electron chi connectivity index (χ1n) is 9.06. The largest absolute Gasteiger partial charge is 0.489 e. The molecular weight excluding hydrogens is 434 g/mol. The maximum atomic E-state index is 6.19. The molecule has 0 fully saturated rings. The lowest BCUT2D eigenvalue weighted by Gasteiger charge is -2.16. The molecule has 0 radical (unpaired) electrons. The Morgan fingerprint density at radius 2 is 1.68 bits per heavy atom. The van der Waals surface area contributed by atoms with Crippen molar-refractivity contribution in [2.24, 2.45) is 0 Å². The zero-order chi connectivity index (χ0) is 19.3. The molecule has 0 aliphatic rings. The minimum atomic E-state index is 0.476. The molecule has 0 aliphatic heterocycles. The second kappa shape index (κ2) is 8.68. The minimum Gasteiger partial charge on any atom is -0.489 e. The van der Waals surface area contributed by atoms with E-state index in [4.69, 9.17) is 16.3 Å². The quantitative estimate of drug-likeness (QED) is 0.328. The van der Waals surface area contributed by atoms with Crippen molar-refractivity contribution in [2.45, 2.75) is 13.2 Å². The number of benzene rings is 4. The van der Waals surface area contributed by atoms with E-state index in [1.807, 2.05) is 42.5 Å². The van der Waals surface area contributed by atoms with Gasteiger partial charge in [0.25, 0.3) is 0 Å². The van der Waals surface area contributed by atoms with Crippen molar-refractivity contribution in [3.05, 3.63) is 106 Å². The van der Waals surface area contributed by atoms with E-state index in [-0.39, 0.29) is 0 Å². The first-order valence-corrected chi connectivity index (χ1v) is 10.2. The first-order chi connectivity index (χ1) is 13.7. The van der Waals surface area contributed by atoms with Crippen LogP contribution in [0.1, 0.15) is 11.1 Å². The average Bonchev–Trinajstić information content (AvgIpc) is 2.72. The molecule has 0 unspecified atom stereocenters. The summed E-state index contributed by atoms with van der Waals surface area (Å²) >= 11 is 9.57. The van der Waals surface area contributed by atoms with Crippen LogP contribution in [-0.4, -0.2) is 0 Å². The Balaban J connectivity index is 1.61. The molecule has 0 bridgehead atoms. The number of fused-ring (bicyclic) bond motifs is 1. The van der Waals surface area contributed by atoms with Crippen molar-refractivity contribution in [2.75, 3.05) is 5.32 Å². The van der Waals surface area contributed by atoms with E-state index in [2.05, 4.69) is 63.7 Å². The molecule has 28 heavy (non-hydrogen) atoms. The first kappa shape index (κ1) is 18.9. The molecule has 0 saturated heterocycles. The van der Waals surface area contributed by atoms with Gasteiger partial charge < -0.3 is 10.1 Å². The summed E-state index contributed by atoms with van der Waals surface area (Å²) in [5.41, 5.74) is 3.26. The molecule has 0 amide bonds. The van der Waals surface area contributed by atoms with Crippen molar-refractivity contribution in [1.82, 2.24) is 0 Å². The summed E-state index contributed by atoms with van der Waals surface area (Å²) in [4.78, 5) is 0. The number of nitrogens with one attached hydrogen (secondary N) is 1. The lowest BCUT2D eigenvalue weighted by atomic mass is 10.0. The Morgan fingerprint density at radius 1 is 0.857 bits per heavy atom. The summed E-state index contributed by atoms with van der Waals surface area (Å²) in [6, 6.07) is 28.5. The van der Waals surface area contributed by atoms with Crippen LogP contribution in [0, 0.1) is 0 Å². The lowest BCUT2D eigenvalue weighted by molar-refractivity contribution is 0.304. The van der Waals surface area contributed by atoms with Crippen LogP contribution in [0.4, 0.5) is 5.69 Å². The van der Waals surface area contributed by atoms with Gasteiger partial charge in [-0.05, 0) is 58.8 Å².